The molecular weight excluding hydrogens is 168 g/mol. The molecule has 0 aromatic heterocycles. The average molecular weight is 194 g/mol. The molecule has 0 radical (unpaired) electrons. The van der Waals surface area contributed by atoms with E-state index in [0.717, 1.165) is 23.2 Å². The first-order chi connectivity index (χ1) is 6.77. The second-order valence-corrected chi connectivity index (χ2v) is 5.69. The Morgan fingerprint density at radius 1 is 1.07 bits per heavy atom. The lowest BCUT2D eigenvalue weighted by atomic mass is 10.1. The fraction of sp³-hybridized carbons (Fsp3) is 1.00. The molecule has 0 nitrogen and oxygen atoms in total. The van der Waals surface area contributed by atoms with Crippen molar-refractivity contribution in [1.29, 1.82) is 0 Å². The van der Waals surface area contributed by atoms with Crippen molar-refractivity contribution in [3.8, 4) is 0 Å². The molecule has 1 spiro atoms. The van der Waals surface area contributed by atoms with Gasteiger partial charge in [0.2, 0.25) is 0 Å². The Balaban J connectivity index is 1.73. The third-order valence-electron chi connectivity index (χ3n) is 5.01. The van der Waals surface area contributed by atoms with Gasteiger partial charge in [0.1, 0.15) is 0 Å². The summed E-state index contributed by atoms with van der Waals surface area (Å²) in [4.78, 5) is 0. The molecule has 0 amide bonds. The molecule has 0 aromatic carbocycles. The zero-order chi connectivity index (χ0) is 10.2. The molecule has 2 saturated carbocycles. The lowest BCUT2D eigenvalue weighted by Crippen LogP contribution is -1.87. The Labute approximate surface area is 89.5 Å². The van der Waals surface area contributed by atoms with Crippen molar-refractivity contribution in [3.05, 3.63) is 0 Å². The van der Waals surface area contributed by atoms with Crippen molar-refractivity contribution in [2.24, 2.45) is 23.2 Å². The van der Waals surface area contributed by atoms with Crippen LogP contribution in [0.1, 0.15) is 65.7 Å². The first-order valence-electron chi connectivity index (χ1n) is 6.77. The lowest BCUT2D eigenvalue weighted by molar-refractivity contribution is 0.535. The van der Waals surface area contributed by atoms with Gasteiger partial charge in [0.25, 0.3) is 0 Å². The topological polar surface area (TPSA) is 0 Å². The van der Waals surface area contributed by atoms with Crippen LogP contribution in [0.15, 0.2) is 0 Å². The molecule has 2 rings (SSSR count). The van der Waals surface area contributed by atoms with Gasteiger partial charge in [-0.1, -0.05) is 46.5 Å². The summed E-state index contributed by atoms with van der Waals surface area (Å²) in [6.45, 7) is 7.15. The average Bonchev–Trinajstić information content (AvgIpc) is 3.03. The molecule has 0 N–H and O–H groups in total. The fourth-order valence-corrected chi connectivity index (χ4v) is 3.90. The van der Waals surface area contributed by atoms with E-state index in [-0.39, 0.29) is 0 Å². The van der Waals surface area contributed by atoms with Crippen LogP contribution in [0.3, 0.4) is 0 Å². The Bertz CT molecular complexity index is 196. The minimum Gasteiger partial charge on any atom is -0.0654 e. The van der Waals surface area contributed by atoms with Crippen LogP contribution in [-0.4, -0.2) is 0 Å². The van der Waals surface area contributed by atoms with Gasteiger partial charge in [0, 0.05) is 0 Å². The Morgan fingerprint density at radius 3 is 2.36 bits per heavy atom. The minimum absolute atomic E-state index is 0.893. The van der Waals surface area contributed by atoms with Crippen molar-refractivity contribution in [3.63, 3.8) is 0 Å². The normalized spacial score (nSPS) is 44.4. The molecule has 0 saturated heterocycles. The summed E-state index contributed by atoms with van der Waals surface area (Å²) in [6, 6.07) is 0. The Hall–Kier alpha value is 0. The molecule has 0 aliphatic heterocycles. The first kappa shape index (κ1) is 10.5. The molecule has 0 aromatic rings. The van der Waals surface area contributed by atoms with Crippen LogP contribution in [0.25, 0.3) is 0 Å². The molecule has 2 aliphatic rings. The van der Waals surface area contributed by atoms with Crippen LogP contribution in [-0.2, 0) is 0 Å². The molecule has 0 heteroatoms. The van der Waals surface area contributed by atoms with Crippen molar-refractivity contribution in [1.82, 2.24) is 0 Å². The van der Waals surface area contributed by atoms with Gasteiger partial charge >= 0.3 is 0 Å². The third kappa shape index (κ3) is 1.51. The zero-order valence-corrected chi connectivity index (χ0v) is 10.2. The van der Waals surface area contributed by atoms with Crippen molar-refractivity contribution in [2.45, 2.75) is 65.7 Å². The summed E-state index contributed by atoms with van der Waals surface area (Å²) < 4.78 is 0. The largest absolute Gasteiger partial charge is 0.0654 e. The van der Waals surface area contributed by atoms with E-state index in [1.54, 1.807) is 6.42 Å². The summed E-state index contributed by atoms with van der Waals surface area (Å²) in [6.07, 6.45) is 10.4. The maximum Gasteiger partial charge on any atom is -0.0207 e. The van der Waals surface area contributed by atoms with Crippen molar-refractivity contribution < 1.29 is 0 Å². The van der Waals surface area contributed by atoms with Crippen LogP contribution >= 0.6 is 0 Å². The van der Waals surface area contributed by atoms with E-state index in [9.17, 15) is 0 Å². The van der Waals surface area contributed by atoms with Gasteiger partial charge in [-0.3, -0.25) is 0 Å². The molecule has 2 fully saturated rings. The van der Waals surface area contributed by atoms with Gasteiger partial charge in [0.15, 0.2) is 0 Å². The lowest BCUT2D eigenvalue weighted by Gasteiger charge is -1.97. The summed E-state index contributed by atoms with van der Waals surface area (Å²) in [5.41, 5.74) is 0.893. The highest BCUT2D eigenvalue weighted by Crippen LogP contribution is 2.80. The molecule has 0 bridgehead atoms. The number of hydrogen-bond donors (Lipinski definition) is 0. The molecule has 14 heavy (non-hydrogen) atoms. The van der Waals surface area contributed by atoms with E-state index in [4.69, 9.17) is 0 Å². The molecular formula is C14H26. The van der Waals surface area contributed by atoms with Crippen LogP contribution in [0, 0.1) is 23.2 Å². The Kier molecular flexibility index (Phi) is 2.91. The monoisotopic (exact) mass is 194 g/mol. The van der Waals surface area contributed by atoms with Crippen molar-refractivity contribution in [2.75, 3.05) is 0 Å². The standard InChI is InChI=1S/C14H26/c1-4-6-8-12-10-14(12)11(3)13(14)9-7-5-2/h11-13H,4-10H2,1-3H3. The number of rotatable bonds is 6. The molecule has 4 unspecified atom stereocenters. The smallest absolute Gasteiger partial charge is 0.0207 e. The van der Waals surface area contributed by atoms with Crippen molar-refractivity contribution >= 4 is 0 Å². The minimum atomic E-state index is 0.893. The SMILES string of the molecule is CCCCC1CC12C(C)C2CCCC. The summed E-state index contributed by atoms with van der Waals surface area (Å²) in [7, 11) is 0. The van der Waals surface area contributed by atoms with Gasteiger partial charge in [-0.15, -0.1) is 0 Å². The van der Waals surface area contributed by atoms with Gasteiger partial charge in [0.05, 0.1) is 0 Å². The van der Waals surface area contributed by atoms with E-state index in [1.165, 1.54) is 38.5 Å². The highest BCUT2D eigenvalue weighted by Gasteiger charge is 2.73. The third-order valence-corrected chi connectivity index (χ3v) is 5.01. The van der Waals surface area contributed by atoms with Gasteiger partial charge < -0.3 is 0 Å². The summed E-state index contributed by atoms with van der Waals surface area (Å²) >= 11 is 0. The maximum absolute atomic E-state index is 2.51. The van der Waals surface area contributed by atoms with Crippen LogP contribution < -0.4 is 0 Å². The van der Waals surface area contributed by atoms with Gasteiger partial charge in [-0.05, 0) is 42.4 Å². The van der Waals surface area contributed by atoms with Gasteiger partial charge in [-0.25, -0.2) is 0 Å². The number of unbranched alkanes of at least 4 members (excludes halogenated alkanes) is 2. The number of hydrogen-bond acceptors (Lipinski definition) is 0. The van der Waals surface area contributed by atoms with Crippen LogP contribution in [0.4, 0.5) is 0 Å². The van der Waals surface area contributed by atoms with Gasteiger partial charge in [-0.2, -0.15) is 0 Å². The fourth-order valence-electron chi connectivity index (χ4n) is 3.90. The highest BCUT2D eigenvalue weighted by atomic mass is 14.8. The van der Waals surface area contributed by atoms with E-state index < -0.39 is 0 Å². The van der Waals surface area contributed by atoms with E-state index in [2.05, 4.69) is 20.8 Å². The second kappa shape index (κ2) is 3.87. The highest BCUT2D eigenvalue weighted by molar-refractivity contribution is 5.22. The maximum atomic E-state index is 2.51. The first-order valence-corrected chi connectivity index (χ1v) is 6.77. The second-order valence-electron chi connectivity index (χ2n) is 5.69. The molecule has 2 aliphatic carbocycles. The van der Waals surface area contributed by atoms with Crippen LogP contribution in [0.2, 0.25) is 0 Å². The summed E-state index contributed by atoms with van der Waals surface area (Å²) in [5.74, 6) is 3.35. The molecule has 4 atom stereocenters. The van der Waals surface area contributed by atoms with E-state index in [0.29, 0.717) is 0 Å². The van der Waals surface area contributed by atoms with Crippen LogP contribution in [0.5, 0.6) is 0 Å². The quantitative estimate of drug-likeness (QED) is 0.578. The molecule has 0 heterocycles. The van der Waals surface area contributed by atoms with E-state index in [1.807, 2.05) is 0 Å². The Morgan fingerprint density at radius 2 is 1.71 bits per heavy atom. The molecule has 82 valence electrons. The predicted molar refractivity (Wildman–Crippen MR) is 62.2 cm³/mol. The summed E-state index contributed by atoms with van der Waals surface area (Å²) in [5, 5.41) is 0. The van der Waals surface area contributed by atoms with E-state index >= 15 is 0 Å². The zero-order valence-electron chi connectivity index (χ0n) is 10.2. The predicted octanol–water partition coefficient (Wildman–Crippen LogP) is 4.64.